The molecule has 6 aromatic carbocycles. The second-order valence-corrected chi connectivity index (χ2v) is 23.6. The summed E-state index contributed by atoms with van der Waals surface area (Å²) in [5.74, 6) is 0.714. The van der Waals surface area contributed by atoms with Crippen LogP contribution < -0.4 is 0 Å². The van der Waals surface area contributed by atoms with Crippen LogP contribution in [0.15, 0.2) is 134 Å². The number of pyridine rings is 1. The summed E-state index contributed by atoms with van der Waals surface area (Å²) in [7, 11) is 0. The van der Waals surface area contributed by atoms with Crippen molar-refractivity contribution in [1.82, 2.24) is 14.5 Å². The predicted octanol–water partition coefficient (Wildman–Crippen LogP) is 17.5. The van der Waals surface area contributed by atoms with Crippen LogP contribution in [0.5, 0.6) is 5.75 Å². The summed E-state index contributed by atoms with van der Waals surface area (Å²) < 4.78 is 74.1. The lowest BCUT2D eigenvalue weighted by Gasteiger charge is -2.28. The van der Waals surface area contributed by atoms with Gasteiger partial charge in [0, 0.05) is 35.3 Å². The van der Waals surface area contributed by atoms with Gasteiger partial charge >= 0.3 is 0 Å². The zero-order valence-corrected chi connectivity index (χ0v) is 42.8. The van der Waals surface area contributed by atoms with Gasteiger partial charge in [0.2, 0.25) is 0 Å². The lowest BCUT2D eigenvalue weighted by atomic mass is 9.79. The summed E-state index contributed by atoms with van der Waals surface area (Å²) in [6.45, 7) is 28.2. The zero-order valence-electron chi connectivity index (χ0n) is 50.8. The molecule has 0 radical (unpaired) electrons. The van der Waals surface area contributed by atoms with Crippen molar-refractivity contribution in [2.45, 2.75) is 139 Å². The normalized spacial score (nSPS) is 14.9. The highest BCUT2D eigenvalue weighted by molar-refractivity contribution is 5.98. The highest BCUT2D eigenvalue weighted by Crippen LogP contribution is 2.46. The molecule has 2 heterocycles. The van der Waals surface area contributed by atoms with Crippen LogP contribution in [-0.2, 0) is 28.0 Å². The van der Waals surface area contributed by atoms with Crippen LogP contribution in [-0.4, -0.2) is 19.6 Å². The molecule has 0 bridgehead atoms. The van der Waals surface area contributed by atoms with E-state index in [2.05, 4.69) is 142 Å². The van der Waals surface area contributed by atoms with Crippen LogP contribution in [0.4, 0.5) is 0 Å². The fourth-order valence-corrected chi connectivity index (χ4v) is 8.75. The van der Waals surface area contributed by atoms with Gasteiger partial charge in [-0.3, -0.25) is 9.55 Å². The third-order valence-corrected chi connectivity index (χ3v) is 12.6. The lowest BCUT2D eigenvalue weighted by molar-refractivity contribution is 0.411. The molecule has 0 aliphatic heterocycles. The average Bonchev–Trinajstić information content (AvgIpc) is 3.69. The first-order chi connectivity index (χ1) is 34.9. The Morgan fingerprint density at radius 2 is 1.21 bits per heavy atom. The van der Waals surface area contributed by atoms with Gasteiger partial charge in [-0.05, 0) is 133 Å². The van der Waals surface area contributed by atoms with Crippen LogP contribution in [0.25, 0.3) is 72.7 Å². The number of nitrogens with zero attached hydrogens (tertiary/aromatic N) is 3. The van der Waals surface area contributed by atoms with Crippen LogP contribution >= 0.6 is 0 Å². The van der Waals surface area contributed by atoms with Gasteiger partial charge in [0.1, 0.15) is 11.6 Å². The van der Waals surface area contributed by atoms with Gasteiger partial charge in [-0.25, -0.2) is 4.98 Å². The highest BCUT2D eigenvalue weighted by atomic mass is 16.3. The number of rotatable bonds is 7. The molecule has 0 aliphatic carbocycles. The summed E-state index contributed by atoms with van der Waals surface area (Å²) in [6, 6.07) is 35.2. The number of hydrogen-bond donors (Lipinski definition) is 1. The van der Waals surface area contributed by atoms with E-state index in [1.165, 1.54) is 18.3 Å². The minimum atomic E-state index is -2.76. The standard InChI is InChI=1S/C64H73N3O/c1-40-39-65-54(37-50(40)43-27-25-41(26-28-43)38-60(2,3)4)45-31-44(32-47(33-45)62(8,9)10)49-23-20-24-56-57(49)66-59(52-35-48(63(11,12)13)36-53(58(52)68)64(14,15)16)67(56)55-30-29-46(61(5,6)7)34-51(55)42-21-18-17-19-22-42/h17-37,39,68H,38H2,1-16H3/i1D3,27D,28D,37D,38D2. The Morgan fingerprint density at radius 1 is 0.574 bits per heavy atom. The van der Waals surface area contributed by atoms with Crippen LogP contribution in [0.1, 0.15) is 148 Å². The smallest absolute Gasteiger partial charge is 0.149 e. The maximum Gasteiger partial charge on any atom is 0.149 e. The Morgan fingerprint density at radius 3 is 1.82 bits per heavy atom. The zero-order chi connectivity index (χ0) is 56.2. The fourth-order valence-electron chi connectivity index (χ4n) is 8.75. The molecule has 0 saturated heterocycles. The van der Waals surface area contributed by atoms with E-state index in [0.29, 0.717) is 22.5 Å². The third kappa shape index (κ3) is 9.84. The monoisotopic (exact) mass is 908 g/mol. The molecule has 2 aromatic heterocycles. The molecule has 1 N–H and O–H groups in total. The molecule has 0 fully saturated rings. The second-order valence-electron chi connectivity index (χ2n) is 23.6. The molecular formula is C64H73N3O. The second kappa shape index (κ2) is 17.4. The first kappa shape index (κ1) is 38.7. The molecule has 0 amide bonds. The van der Waals surface area contributed by atoms with Gasteiger partial charge in [0.15, 0.2) is 0 Å². The van der Waals surface area contributed by atoms with Crippen LogP contribution in [0.2, 0.25) is 0 Å². The van der Waals surface area contributed by atoms with Gasteiger partial charge in [0.05, 0.1) is 32.1 Å². The molecule has 4 nitrogen and oxygen atoms in total. The topological polar surface area (TPSA) is 50.9 Å². The summed E-state index contributed by atoms with van der Waals surface area (Å²) in [4.78, 5) is 10.3. The molecule has 0 spiro atoms. The van der Waals surface area contributed by atoms with E-state index in [4.69, 9.17) is 16.8 Å². The average molecular weight is 908 g/mol. The van der Waals surface area contributed by atoms with Gasteiger partial charge in [-0.2, -0.15) is 0 Å². The quantitative estimate of drug-likeness (QED) is 0.173. The Bertz CT molecular complexity index is 3530. The lowest BCUT2D eigenvalue weighted by Crippen LogP contribution is -2.17. The Kier molecular flexibility index (Phi) is 9.88. The number of aromatic nitrogens is 3. The fraction of sp³-hybridized carbons (Fsp3) is 0.344. The SMILES string of the molecule is [2H]c1cc(C([2H])([2H])C(C)(C)C)cc([2H])c1-c1c(C([2H])([2H])[2H])cnc(-c2cc(-c3cccc4c3nc(-c3cc(C(C)(C)C)cc(C(C)(C)C)c3O)n4-c3ccc(C(C)(C)C)cc3-c3ccccc3)cc(C(C)(C)C)c2)c1[2H]. The summed E-state index contributed by atoms with van der Waals surface area (Å²) in [5.41, 5.74) is 8.60. The van der Waals surface area contributed by atoms with E-state index in [0.717, 1.165) is 55.7 Å². The van der Waals surface area contributed by atoms with Crippen molar-refractivity contribution in [3.63, 3.8) is 0 Å². The summed E-state index contributed by atoms with van der Waals surface area (Å²) in [5, 5.41) is 12.6. The molecule has 350 valence electrons. The number of phenols is 1. The number of para-hydroxylation sites is 1. The predicted molar refractivity (Wildman–Crippen MR) is 290 cm³/mol. The number of benzene rings is 6. The first-order valence-corrected chi connectivity index (χ1v) is 23.8. The van der Waals surface area contributed by atoms with E-state index in [1.54, 1.807) is 20.8 Å². The largest absolute Gasteiger partial charge is 0.507 e. The maximum absolute atomic E-state index is 12.6. The van der Waals surface area contributed by atoms with Crippen molar-refractivity contribution in [3.05, 3.63) is 167 Å². The Balaban J connectivity index is 1.47. The van der Waals surface area contributed by atoms with Gasteiger partial charge < -0.3 is 5.11 Å². The van der Waals surface area contributed by atoms with Crippen LogP contribution in [0, 0.1) is 12.3 Å². The maximum atomic E-state index is 12.6. The summed E-state index contributed by atoms with van der Waals surface area (Å²) >= 11 is 0. The number of aromatic hydroxyl groups is 1. The molecular weight excluding hydrogens is 827 g/mol. The van der Waals surface area contributed by atoms with E-state index in [1.807, 2.05) is 42.5 Å². The molecule has 0 aliphatic rings. The number of fused-ring (bicyclic) bond motifs is 1. The number of hydrogen-bond acceptors (Lipinski definition) is 3. The van der Waals surface area contributed by atoms with Crippen LogP contribution in [0.3, 0.4) is 0 Å². The van der Waals surface area contributed by atoms with Gasteiger partial charge in [-0.15, -0.1) is 0 Å². The minimum absolute atomic E-state index is 0.0814. The molecule has 8 aromatic rings. The highest BCUT2D eigenvalue weighted by Gasteiger charge is 2.30. The van der Waals surface area contributed by atoms with Gasteiger partial charge in [0.25, 0.3) is 0 Å². The van der Waals surface area contributed by atoms with E-state index >= 15 is 0 Å². The Labute approximate surface area is 418 Å². The van der Waals surface area contributed by atoms with Crippen molar-refractivity contribution in [1.29, 1.82) is 0 Å². The molecule has 0 unspecified atom stereocenters. The van der Waals surface area contributed by atoms with Gasteiger partial charge in [-0.1, -0.05) is 189 Å². The molecule has 0 atom stereocenters. The van der Waals surface area contributed by atoms with E-state index < -0.39 is 29.5 Å². The third-order valence-electron chi connectivity index (χ3n) is 12.6. The molecule has 4 heteroatoms. The number of aryl methyl sites for hydroxylation is 1. The van der Waals surface area contributed by atoms with E-state index in [-0.39, 0.29) is 62.7 Å². The Hall–Kier alpha value is -6.26. The van der Waals surface area contributed by atoms with Crippen molar-refractivity contribution >= 4 is 11.0 Å². The molecule has 68 heavy (non-hydrogen) atoms. The molecule has 8 rings (SSSR count). The number of phenolic OH excluding ortho intramolecular Hbond substituents is 1. The number of imidazole rings is 1. The molecule has 0 saturated carbocycles. The van der Waals surface area contributed by atoms with Crippen molar-refractivity contribution in [2.24, 2.45) is 5.41 Å². The van der Waals surface area contributed by atoms with Crippen molar-refractivity contribution in [3.8, 4) is 67.5 Å². The first-order valence-electron chi connectivity index (χ1n) is 27.8. The summed E-state index contributed by atoms with van der Waals surface area (Å²) in [6.07, 6.45) is -0.692. The van der Waals surface area contributed by atoms with E-state index in [9.17, 15) is 9.22 Å². The van der Waals surface area contributed by atoms with Crippen molar-refractivity contribution < 1.29 is 16.1 Å². The van der Waals surface area contributed by atoms with Crippen molar-refractivity contribution in [2.75, 3.05) is 0 Å². The minimum Gasteiger partial charge on any atom is -0.507 e.